The van der Waals surface area contributed by atoms with Gasteiger partial charge in [-0.05, 0) is 61.4 Å². The summed E-state index contributed by atoms with van der Waals surface area (Å²) < 4.78 is 2.02. The van der Waals surface area contributed by atoms with Gasteiger partial charge in [0.15, 0.2) is 0 Å². The first-order valence-electron chi connectivity index (χ1n) is 11.3. The zero-order chi connectivity index (χ0) is 23.3. The number of hydrogen-bond acceptors (Lipinski definition) is 5. The van der Waals surface area contributed by atoms with Crippen molar-refractivity contribution in [2.24, 2.45) is 0 Å². The number of thioether (sulfide) groups is 1. The van der Waals surface area contributed by atoms with Crippen molar-refractivity contribution < 1.29 is 9.59 Å². The van der Waals surface area contributed by atoms with Crippen molar-refractivity contribution in [2.45, 2.75) is 29.5 Å². The lowest BCUT2D eigenvalue weighted by molar-refractivity contribution is 0.0698. The Morgan fingerprint density at radius 3 is 2.56 bits per heavy atom. The van der Waals surface area contributed by atoms with E-state index in [0.29, 0.717) is 24.2 Å². The normalized spacial score (nSPS) is 14.3. The number of hydrogen-bond donors (Lipinski definition) is 1. The quantitative estimate of drug-likeness (QED) is 0.429. The third-order valence-electron chi connectivity index (χ3n) is 5.94. The van der Waals surface area contributed by atoms with Gasteiger partial charge in [0.1, 0.15) is 5.65 Å². The van der Waals surface area contributed by atoms with Crippen LogP contribution in [-0.4, -0.2) is 50.2 Å². The predicted octanol–water partition coefficient (Wildman–Crippen LogP) is 4.06. The third-order valence-corrected chi connectivity index (χ3v) is 6.99. The highest BCUT2D eigenvalue weighted by Gasteiger charge is 2.25. The summed E-state index contributed by atoms with van der Waals surface area (Å²) in [6.07, 6.45) is 8.73. The van der Waals surface area contributed by atoms with Crippen LogP contribution in [0.4, 0.5) is 0 Å². The molecule has 4 heterocycles. The van der Waals surface area contributed by atoms with E-state index in [1.54, 1.807) is 36.3 Å². The Bertz CT molecular complexity index is 1250. The summed E-state index contributed by atoms with van der Waals surface area (Å²) in [7, 11) is 0. The van der Waals surface area contributed by atoms with Gasteiger partial charge in [-0.3, -0.25) is 14.6 Å². The monoisotopic (exact) mass is 471 g/mol. The molecule has 1 aromatic carbocycles. The predicted molar refractivity (Wildman–Crippen MR) is 132 cm³/mol. The van der Waals surface area contributed by atoms with Gasteiger partial charge >= 0.3 is 0 Å². The van der Waals surface area contributed by atoms with Crippen molar-refractivity contribution in [3.8, 4) is 0 Å². The number of piperidine rings is 1. The molecule has 4 aromatic rings. The molecule has 0 radical (unpaired) electrons. The fraction of sp³-hybridized carbons (Fsp3) is 0.231. The van der Waals surface area contributed by atoms with E-state index in [0.717, 1.165) is 34.8 Å². The second-order valence-corrected chi connectivity index (χ2v) is 9.34. The van der Waals surface area contributed by atoms with Crippen molar-refractivity contribution in [1.82, 2.24) is 24.6 Å². The van der Waals surface area contributed by atoms with Crippen LogP contribution in [0, 0.1) is 0 Å². The minimum Gasteiger partial charge on any atom is -0.349 e. The van der Waals surface area contributed by atoms with Gasteiger partial charge in [0, 0.05) is 60.1 Å². The highest BCUT2D eigenvalue weighted by Crippen LogP contribution is 2.24. The summed E-state index contributed by atoms with van der Waals surface area (Å²) >= 11 is 1.70. The third kappa shape index (κ3) is 5.12. The molecule has 1 fully saturated rings. The second kappa shape index (κ2) is 10.1. The van der Waals surface area contributed by atoms with Crippen LogP contribution < -0.4 is 5.32 Å². The zero-order valence-corrected chi connectivity index (χ0v) is 19.4. The van der Waals surface area contributed by atoms with E-state index in [2.05, 4.69) is 15.3 Å². The largest absolute Gasteiger partial charge is 0.349 e. The van der Waals surface area contributed by atoms with Gasteiger partial charge in [-0.1, -0.05) is 6.07 Å². The molecular formula is C26H25N5O2S. The van der Waals surface area contributed by atoms with Crippen LogP contribution in [0.2, 0.25) is 0 Å². The van der Waals surface area contributed by atoms with E-state index in [9.17, 15) is 9.59 Å². The van der Waals surface area contributed by atoms with Crippen molar-refractivity contribution in [3.63, 3.8) is 0 Å². The first kappa shape index (κ1) is 22.2. The molecule has 1 saturated heterocycles. The molecule has 3 aromatic heterocycles. The Hall–Kier alpha value is -3.65. The number of imidazole rings is 1. The van der Waals surface area contributed by atoms with Gasteiger partial charge in [-0.15, -0.1) is 11.8 Å². The molecule has 0 atom stereocenters. The van der Waals surface area contributed by atoms with Crippen LogP contribution in [0.15, 0.2) is 84.3 Å². The second-order valence-electron chi connectivity index (χ2n) is 8.29. The van der Waals surface area contributed by atoms with Crippen molar-refractivity contribution in [3.05, 3.63) is 96.2 Å². The lowest BCUT2D eigenvalue weighted by Crippen LogP contribution is -2.46. The van der Waals surface area contributed by atoms with E-state index in [1.807, 2.05) is 64.2 Å². The Kier molecular flexibility index (Phi) is 6.58. The lowest BCUT2D eigenvalue weighted by atomic mass is 10.0. The topological polar surface area (TPSA) is 79.6 Å². The van der Waals surface area contributed by atoms with Gasteiger partial charge < -0.3 is 14.6 Å². The fourth-order valence-electron chi connectivity index (χ4n) is 4.08. The van der Waals surface area contributed by atoms with Crippen molar-refractivity contribution >= 4 is 29.2 Å². The zero-order valence-electron chi connectivity index (χ0n) is 18.6. The van der Waals surface area contributed by atoms with Crippen molar-refractivity contribution in [1.29, 1.82) is 0 Å². The Balaban J connectivity index is 1.11. The maximum Gasteiger partial charge on any atom is 0.253 e. The van der Waals surface area contributed by atoms with Gasteiger partial charge in [0.2, 0.25) is 0 Å². The molecule has 8 heteroatoms. The van der Waals surface area contributed by atoms with Gasteiger partial charge in [-0.25, -0.2) is 4.98 Å². The molecule has 1 aliphatic rings. The summed E-state index contributed by atoms with van der Waals surface area (Å²) in [5.41, 5.74) is 3.21. The van der Waals surface area contributed by atoms with Crippen LogP contribution >= 0.6 is 11.8 Å². The van der Waals surface area contributed by atoms with Crippen molar-refractivity contribution in [2.75, 3.05) is 13.1 Å². The number of amides is 2. The Morgan fingerprint density at radius 1 is 1.00 bits per heavy atom. The lowest BCUT2D eigenvalue weighted by Gasteiger charge is -2.32. The standard InChI is InChI=1S/C26H25N5O2S/c32-25(20-4-3-12-27-16-20)29-21-10-14-30(15-11-21)26(33)19-6-8-23(9-7-19)34-18-22-17-31-13-2-1-5-24(31)28-22/h1-9,12-13,16-17,21H,10-11,14-15,18H2,(H,29,32). The van der Waals surface area contributed by atoms with E-state index in [4.69, 9.17) is 0 Å². The number of carbonyl (C=O) groups excluding carboxylic acids is 2. The number of carbonyl (C=O) groups is 2. The molecule has 7 nitrogen and oxygen atoms in total. The van der Waals surface area contributed by atoms with E-state index in [-0.39, 0.29) is 17.9 Å². The summed E-state index contributed by atoms with van der Waals surface area (Å²) in [4.78, 5) is 36.9. The number of likely N-dealkylation sites (tertiary alicyclic amines) is 1. The minimum atomic E-state index is -0.116. The average molecular weight is 472 g/mol. The molecule has 2 amide bonds. The number of pyridine rings is 2. The highest BCUT2D eigenvalue weighted by molar-refractivity contribution is 7.98. The van der Waals surface area contributed by atoms with Gasteiger partial charge in [0.25, 0.3) is 11.8 Å². The minimum absolute atomic E-state index is 0.0361. The summed E-state index contributed by atoms with van der Waals surface area (Å²) in [5, 5.41) is 3.05. The summed E-state index contributed by atoms with van der Waals surface area (Å²) in [6.45, 7) is 1.25. The van der Waals surface area contributed by atoms with E-state index in [1.165, 1.54) is 0 Å². The van der Waals surface area contributed by atoms with Gasteiger partial charge in [-0.2, -0.15) is 0 Å². The molecule has 5 rings (SSSR count). The van der Waals surface area contributed by atoms with Crippen LogP contribution in [-0.2, 0) is 5.75 Å². The number of benzene rings is 1. The number of fused-ring (bicyclic) bond motifs is 1. The molecule has 0 spiro atoms. The molecule has 0 saturated carbocycles. The number of nitrogens with zero attached hydrogens (tertiary/aromatic N) is 4. The SMILES string of the molecule is O=C(NC1CCN(C(=O)c2ccc(SCc3cn4ccccc4n3)cc2)CC1)c1cccnc1. The molecule has 0 aliphatic carbocycles. The van der Waals surface area contributed by atoms with Gasteiger partial charge in [0.05, 0.1) is 11.3 Å². The molecule has 1 N–H and O–H groups in total. The molecule has 0 bridgehead atoms. The maximum absolute atomic E-state index is 13.0. The molecule has 34 heavy (non-hydrogen) atoms. The van der Waals surface area contributed by atoms with E-state index >= 15 is 0 Å². The summed E-state index contributed by atoms with van der Waals surface area (Å²) in [5.74, 6) is 0.691. The fourth-order valence-corrected chi connectivity index (χ4v) is 4.87. The van der Waals surface area contributed by atoms with Crippen LogP contribution in [0.25, 0.3) is 5.65 Å². The van der Waals surface area contributed by atoms with E-state index < -0.39 is 0 Å². The maximum atomic E-state index is 13.0. The van der Waals surface area contributed by atoms with Crippen LogP contribution in [0.1, 0.15) is 39.3 Å². The van der Waals surface area contributed by atoms with Crippen LogP contribution in [0.3, 0.4) is 0 Å². The first-order valence-corrected chi connectivity index (χ1v) is 12.3. The number of nitrogens with one attached hydrogen (secondary N) is 1. The number of aromatic nitrogens is 3. The number of rotatable bonds is 6. The highest BCUT2D eigenvalue weighted by atomic mass is 32.2. The first-order chi connectivity index (χ1) is 16.7. The van der Waals surface area contributed by atoms with Crippen LogP contribution in [0.5, 0.6) is 0 Å². The molecule has 0 unspecified atom stereocenters. The smallest absolute Gasteiger partial charge is 0.253 e. The molecule has 1 aliphatic heterocycles. The molecule has 172 valence electrons. The molecular weight excluding hydrogens is 446 g/mol. The Morgan fingerprint density at radius 2 is 1.82 bits per heavy atom. The Labute approximate surface area is 202 Å². The average Bonchev–Trinajstić information content (AvgIpc) is 3.31. The summed E-state index contributed by atoms with van der Waals surface area (Å²) in [6, 6.07) is 17.3.